The van der Waals surface area contributed by atoms with Crippen molar-refractivity contribution in [3.8, 4) is 33.8 Å². The maximum absolute atomic E-state index is 11.6. The van der Waals surface area contributed by atoms with Gasteiger partial charge in [0.05, 0.1) is 11.4 Å². The predicted molar refractivity (Wildman–Crippen MR) is 206 cm³/mol. The lowest BCUT2D eigenvalue weighted by Crippen LogP contribution is -2.18. The fourth-order valence-corrected chi connectivity index (χ4v) is 6.47. The van der Waals surface area contributed by atoms with Crippen LogP contribution < -0.4 is 4.90 Å². The van der Waals surface area contributed by atoms with Gasteiger partial charge in [0, 0.05) is 28.4 Å². The molecule has 0 aliphatic carbocycles. The third kappa shape index (κ3) is 6.25. The molecule has 0 amide bonds. The molecule has 5 aromatic carbocycles. The lowest BCUT2D eigenvalue weighted by Gasteiger charge is -2.27. The van der Waals surface area contributed by atoms with Crippen LogP contribution >= 0.6 is 0 Å². The van der Waals surface area contributed by atoms with Crippen LogP contribution in [0.2, 0.25) is 0 Å². The van der Waals surface area contributed by atoms with Gasteiger partial charge < -0.3 is 5.11 Å². The molecule has 50 heavy (non-hydrogen) atoms. The second-order valence-electron chi connectivity index (χ2n) is 15.0. The van der Waals surface area contributed by atoms with E-state index in [2.05, 4.69) is 150 Å². The highest BCUT2D eigenvalue weighted by Crippen LogP contribution is 2.42. The summed E-state index contributed by atoms with van der Waals surface area (Å²) in [4.78, 5) is 8.72. The van der Waals surface area contributed by atoms with E-state index in [4.69, 9.17) is 15.2 Å². The first-order chi connectivity index (χ1) is 23.9. The van der Waals surface area contributed by atoms with Gasteiger partial charge in [0.2, 0.25) is 0 Å². The predicted octanol–water partition coefficient (Wildman–Crippen LogP) is 11.2. The van der Waals surface area contributed by atoms with Gasteiger partial charge in [-0.05, 0) is 76.2 Å². The summed E-state index contributed by atoms with van der Waals surface area (Å²) in [5, 5.41) is 23.7. The highest BCUT2D eigenvalue weighted by atomic mass is 16.3. The first-order valence-corrected chi connectivity index (χ1v) is 17.1. The lowest BCUT2D eigenvalue weighted by molar-refractivity contribution is 0.438. The minimum Gasteiger partial charge on any atom is -0.505 e. The zero-order valence-electron chi connectivity index (χ0n) is 29.8. The summed E-state index contributed by atoms with van der Waals surface area (Å²) >= 11 is 0. The van der Waals surface area contributed by atoms with Crippen molar-refractivity contribution in [2.75, 3.05) is 4.90 Å². The van der Waals surface area contributed by atoms with E-state index in [9.17, 15) is 5.11 Å². The summed E-state index contributed by atoms with van der Waals surface area (Å²) in [6, 6.07) is 41.9. The Labute approximate surface area is 294 Å². The molecular weight excluding hydrogens is 615 g/mol. The molecule has 6 heteroatoms. The summed E-state index contributed by atoms with van der Waals surface area (Å²) in [7, 11) is 0. The number of hydrogen-bond acceptors (Lipinski definition) is 5. The fraction of sp³-hybridized carbons (Fsp3) is 0.205. The standard InChI is InChI=1S/C44H43N5O/c1-29-41(47-49(46-29)39-28-34(43(2,3)4)27-37(42(39)50)44(5,6)7)33-19-13-20-35(25-33)48(38-22-14-18-31-17-11-12-21-36(31)38)40-26-32(23-24-45-40)30-15-9-8-10-16-30/h8-28,50H,1-7H3. The molecule has 0 bridgehead atoms. The Morgan fingerprint density at radius 2 is 1.34 bits per heavy atom. The zero-order valence-corrected chi connectivity index (χ0v) is 29.8. The Balaban J connectivity index is 1.38. The number of hydrogen-bond donors (Lipinski definition) is 1. The SMILES string of the molecule is Cc1nn(-c2cc(C(C)(C)C)cc(C(C)(C)C)c2O)nc1-c1cccc(N(c2cc(-c3ccccc3)ccn2)c2cccc3ccccc23)c1. The van der Waals surface area contributed by atoms with Crippen LogP contribution in [0.25, 0.3) is 38.8 Å². The van der Waals surface area contributed by atoms with Crippen LogP contribution in [0.5, 0.6) is 5.75 Å². The van der Waals surface area contributed by atoms with Gasteiger partial charge in [-0.2, -0.15) is 5.10 Å². The van der Waals surface area contributed by atoms with E-state index in [-0.39, 0.29) is 16.6 Å². The number of phenolic OH excluding ortho intramolecular Hbond substituents is 1. The topological polar surface area (TPSA) is 67.1 Å². The van der Waals surface area contributed by atoms with Crippen molar-refractivity contribution in [2.45, 2.75) is 59.3 Å². The van der Waals surface area contributed by atoms with E-state index >= 15 is 0 Å². The molecule has 0 aliphatic heterocycles. The van der Waals surface area contributed by atoms with E-state index in [1.165, 1.54) is 0 Å². The molecule has 2 aromatic heterocycles. The minimum atomic E-state index is -0.267. The molecule has 0 radical (unpaired) electrons. The van der Waals surface area contributed by atoms with Crippen LogP contribution in [0.4, 0.5) is 17.2 Å². The van der Waals surface area contributed by atoms with Gasteiger partial charge in [0.15, 0.2) is 0 Å². The van der Waals surface area contributed by atoms with Gasteiger partial charge in [-0.15, -0.1) is 9.90 Å². The van der Waals surface area contributed by atoms with Crippen molar-refractivity contribution >= 4 is 28.0 Å². The van der Waals surface area contributed by atoms with E-state index in [1.54, 1.807) is 4.80 Å². The lowest BCUT2D eigenvalue weighted by atomic mass is 9.80. The van der Waals surface area contributed by atoms with Gasteiger partial charge in [-0.25, -0.2) is 4.98 Å². The van der Waals surface area contributed by atoms with Gasteiger partial charge in [0.1, 0.15) is 22.9 Å². The van der Waals surface area contributed by atoms with Crippen molar-refractivity contribution in [2.24, 2.45) is 0 Å². The highest BCUT2D eigenvalue weighted by molar-refractivity contribution is 5.99. The van der Waals surface area contributed by atoms with Crippen LogP contribution in [0.15, 0.2) is 128 Å². The molecule has 250 valence electrons. The third-order valence-electron chi connectivity index (χ3n) is 9.23. The summed E-state index contributed by atoms with van der Waals surface area (Å²) in [6.45, 7) is 14.9. The van der Waals surface area contributed by atoms with Crippen LogP contribution in [-0.2, 0) is 10.8 Å². The molecule has 1 N–H and O–H groups in total. The maximum Gasteiger partial charge on any atom is 0.146 e. The Kier molecular flexibility index (Phi) is 8.27. The smallest absolute Gasteiger partial charge is 0.146 e. The number of rotatable bonds is 6. The Bertz CT molecular complexity index is 2320. The van der Waals surface area contributed by atoms with Gasteiger partial charge in [-0.1, -0.05) is 126 Å². The average Bonchev–Trinajstić information content (AvgIpc) is 3.49. The first-order valence-electron chi connectivity index (χ1n) is 17.1. The second kappa shape index (κ2) is 12.6. The Morgan fingerprint density at radius 3 is 2.10 bits per heavy atom. The van der Waals surface area contributed by atoms with Gasteiger partial charge in [0.25, 0.3) is 0 Å². The van der Waals surface area contributed by atoms with E-state index in [0.717, 1.165) is 67.2 Å². The van der Waals surface area contributed by atoms with E-state index in [0.29, 0.717) is 5.69 Å². The van der Waals surface area contributed by atoms with Crippen molar-refractivity contribution in [3.63, 3.8) is 0 Å². The molecule has 6 nitrogen and oxygen atoms in total. The van der Waals surface area contributed by atoms with Crippen molar-refractivity contribution in [3.05, 3.63) is 144 Å². The van der Waals surface area contributed by atoms with Crippen molar-refractivity contribution < 1.29 is 5.11 Å². The number of nitrogens with zero attached hydrogens (tertiary/aromatic N) is 5. The van der Waals surface area contributed by atoms with E-state index < -0.39 is 0 Å². The zero-order chi connectivity index (χ0) is 35.2. The van der Waals surface area contributed by atoms with Gasteiger partial charge >= 0.3 is 0 Å². The second-order valence-corrected chi connectivity index (χ2v) is 15.0. The van der Waals surface area contributed by atoms with E-state index in [1.807, 2.05) is 31.3 Å². The molecule has 0 saturated heterocycles. The van der Waals surface area contributed by atoms with Gasteiger partial charge in [-0.3, -0.25) is 4.90 Å². The highest BCUT2D eigenvalue weighted by Gasteiger charge is 2.27. The number of fused-ring (bicyclic) bond motifs is 1. The Morgan fingerprint density at radius 1 is 0.640 bits per heavy atom. The number of aromatic nitrogens is 4. The number of benzene rings is 5. The molecule has 0 unspecified atom stereocenters. The maximum atomic E-state index is 11.6. The normalized spacial score (nSPS) is 12.0. The molecule has 7 aromatic rings. The summed E-state index contributed by atoms with van der Waals surface area (Å²) in [5.74, 6) is 1.01. The largest absolute Gasteiger partial charge is 0.505 e. The Hall–Kier alpha value is -5.75. The summed E-state index contributed by atoms with van der Waals surface area (Å²) in [6.07, 6.45) is 1.87. The molecule has 0 atom stereocenters. The number of pyridine rings is 1. The van der Waals surface area contributed by atoms with Crippen LogP contribution in [0.1, 0.15) is 58.4 Å². The van der Waals surface area contributed by atoms with Crippen molar-refractivity contribution in [1.82, 2.24) is 20.0 Å². The number of phenols is 1. The molecule has 7 rings (SSSR count). The first kappa shape index (κ1) is 32.8. The fourth-order valence-electron chi connectivity index (χ4n) is 6.47. The third-order valence-corrected chi connectivity index (χ3v) is 9.23. The monoisotopic (exact) mass is 657 g/mol. The number of aromatic hydroxyl groups is 1. The minimum absolute atomic E-state index is 0.126. The molecule has 0 spiro atoms. The van der Waals surface area contributed by atoms with Crippen LogP contribution in [0, 0.1) is 6.92 Å². The molecule has 0 fully saturated rings. The molecule has 2 heterocycles. The van der Waals surface area contributed by atoms with Crippen LogP contribution in [0.3, 0.4) is 0 Å². The average molecular weight is 658 g/mol. The van der Waals surface area contributed by atoms with Crippen LogP contribution in [-0.4, -0.2) is 25.1 Å². The quantitative estimate of drug-likeness (QED) is 0.193. The molecule has 0 saturated carbocycles. The molecule has 0 aliphatic rings. The number of anilines is 3. The van der Waals surface area contributed by atoms with Crippen molar-refractivity contribution in [1.29, 1.82) is 0 Å². The molecular formula is C44H43N5O. The number of aryl methyl sites for hydroxylation is 1. The summed E-state index contributed by atoms with van der Waals surface area (Å²) < 4.78 is 0. The summed E-state index contributed by atoms with van der Waals surface area (Å²) in [5.41, 5.74) is 8.77.